The van der Waals surface area contributed by atoms with Crippen molar-refractivity contribution in [2.45, 2.75) is 6.92 Å². The Kier molecular flexibility index (Phi) is 8.34. The lowest BCUT2D eigenvalue weighted by molar-refractivity contribution is -0.142. The fourth-order valence-electron chi connectivity index (χ4n) is 2.49. The number of nitrogens with one attached hydrogen (secondary N) is 1. The maximum atomic E-state index is 12.1. The number of carbonyl (C=O) groups is 3. The summed E-state index contributed by atoms with van der Waals surface area (Å²) in [6.07, 6.45) is 1.37. The molecule has 0 radical (unpaired) electrons. The van der Waals surface area contributed by atoms with Gasteiger partial charge in [-0.15, -0.1) is 0 Å². The Hall–Kier alpha value is -4.12. The summed E-state index contributed by atoms with van der Waals surface area (Å²) in [7, 11) is 3.29. The summed E-state index contributed by atoms with van der Waals surface area (Å²) in [5.41, 5.74) is 1.31. The van der Waals surface area contributed by atoms with Gasteiger partial charge in [-0.25, -0.2) is 4.79 Å². The zero-order valence-electron chi connectivity index (χ0n) is 17.5. The molecule has 0 aliphatic carbocycles. The molecular formula is C23H23N3O5. The van der Waals surface area contributed by atoms with Crippen molar-refractivity contribution in [1.82, 2.24) is 4.90 Å². The van der Waals surface area contributed by atoms with Crippen LogP contribution in [0.5, 0.6) is 5.75 Å². The largest absolute Gasteiger partial charge is 0.494 e. The van der Waals surface area contributed by atoms with E-state index in [1.807, 2.05) is 6.92 Å². The Balaban J connectivity index is 1.92. The lowest BCUT2D eigenvalue weighted by Crippen LogP contribution is -2.22. The molecule has 2 amide bonds. The average molecular weight is 421 g/mol. The molecule has 0 aliphatic heterocycles. The van der Waals surface area contributed by atoms with E-state index in [-0.39, 0.29) is 11.5 Å². The van der Waals surface area contributed by atoms with Crippen molar-refractivity contribution in [3.05, 3.63) is 65.2 Å². The maximum absolute atomic E-state index is 12.1. The van der Waals surface area contributed by atoms with Gasteiger partial charge in [-0.2, -0.15) is 5.26 Å². The SMILES string of the molecule is CCOc1ccc(/C=C(\C#N)C(=O)OCC(=O)Nc2ccc(C(=O)N(C)C)cc2)cc1. The van der Waals surface area contributed by atoms with E-state index in [1.54, 1.807) is 68.7 Å². The minimum atomic E-state index is -0.904. The Morgan fingerprint density at radius 3 is 2.26 bits per heavy atom. The van der Waals surface area contributed by atoms with Crippen LogP contribution in [-0.2, 0) is 14.3 Å². The van der Waals surface area contributed by atoms with Gasteiger partial charge in [0, 0.05) is 25.3 Å². The quantitative estimate of drug-likeness (QED) is 0.399. The molecule has 0 atom stereocenters. The lowest BCUT2D eigenvalue weighted by atomic mass is 10.1. The van der Waals surface area contributed by atoms with Gasteiger partial charge in [-0.1, -0.05) is 12.1 Å². The van der Waals surface area contributed by atoms with Crippen LogP contribution in [0, 0.1) is 11.3 Å². The number of hydrogen-bond donors (Lipinski definition) is 1. The standard InChI is InChI=1S/C23H23N3O5/c1-4-30-20-11-5-16(6-12-20)13-18(14-24)23(29)31-15-21(27)25-19-9-7-17(8-10-19)22(28)26(2)3/h5-13H,4,15H2,1-3H3,(H,25,27)/b18-13+. The predicted molar refractivity (Wildman–Crippen MR) is 115 cm³/mol. The first-order valence-corrected chi connectivity index (χ1v) is 9.47. The highest BCUT2D eigenvalue weighted by molar-refractivity contribution is 6.00. The second-order valence-electron chi connectivity index (χ2n) is 6.57. The Labute approximate surface area is 180 Å². The van der Waals surface area contributed by atoms with Gasteiger partial charge in [0.1, 0.15) is 17.4 Å². The molecule has 31 heavy (non-hydrogen) atoms. The van der Waals surface area contributed by atoms with Gasteiger partial charge in [0.15, 0.2) is 6.61 Å². The summed E-state index contributed by atoms with van der Waals surface area (Å²) in [5, 5.41) is 11.8. The van der Waals surface area contributed by atoms with E-state index in [9.17, 15) is 19.6 Å². The smallest absolute Gasteiger partial charge is 0.349 e. The number of amides is 2. The van der Waals surface area contributed by atoms with Crippen LogP contribution in [0.4, 0.5) is 5.69 Å². The van der Waals surface area contributed by atoms with Gasteiger partial charge >= 0.3 is 5.97 Å². The fourth-order valence-corrected chi connectivity index (χ4v) is 2.49. The number of hydrogen-bond acceptors (Lipinski definition) is 6. The number of benzene rings is 2. The number of anilines is 1. The molecule has 8 nitrogen and oxygen atoms in total. The van der Waals surface area contributed by atoms with Gasteiger partial charge in [0.25, 0.3) is 11.8 Å². The molecule has 0 saturated heterocycles. The first-order chi connectivity index (χ1) is 14.8. The van der Waals surface area contributed by atoms with E-state index < -0.39 is 18.5 Å². The van der Waals surface area contributed by atoms with Gasteiger partial charge in [-0.05, 0) is 55.0 Å². The summed E-state index contributed by atoms with van der Waals surface area (Å²) in [6.45, 7) is 1.85. The fraction of sp³-hybridized carbons (Fsp3) is 0.217. The number of ether oxygens (including phenoxy) is 2. The highest BCUT2D eigenvalue weighted by Crippen LogP contribution is 2.15. The molecule has 0 heterocycles. The van der Waals surface area contributed by atoms with Crippen molar-refractivity contribution in [3.8, 4) is 11.8 Å². The highest BCUT2D eigenvalue weighted by atomic mass is 16.5. The molecule has 160 valence electrons. The number of nitrogens with zero attached hydrogens (tertiary/aromatic N) is 2. The van der Waals surface area contributed by atoms with Crippen LogP contribution in [0.1, 0.15) is 22.8 Å². The maximum Gasteiger partial charge on any atom is 0.349 e. The van der Waals surface area contributed by atoms with Gasteiger partial charge in [0.05, 0.1) is 6.61 Å². The van der Waals surface area contributed by atoms with Crippen LogP contribution in [-0.4, -0.2) is 50.0 Å². The van der Waals surface area contributed by atoms with Crippen LogP contribution in [0.2, 0.25) is 0 Å². The molecule has 0 aromatic heterocycles. The van der Waals surface area contributed by atoms with Crippen molar-refractivity contribution >= 4 is 29.5 Å². The van der Waals surface area contributed by atoms with Crippen molar-refractivity contribution in [2.24, 2.45) is 0 Å². The molecule has 0 aliphatic rings. The summed E-state index contributed by atoms with van der Waals surface area (Å²) in [6, 6.07) is 14.9. The van der Waals surface area contributed by atoms with E-state index in [1.165, 1.54) is 11.0 Å². The van der Waals surface area contributed by atoms with Crippen molar-refractivity contribution in [3.63, 3.8) is 0 Å². The third-order valence-electron chi connectivity index (χ3n) is 4.00. The van der Waals surface area contributed by atoms with Crippen LogP contribution < -0.4 is 10.1 Å². The molecule has 2 rings (SSSR count). The molecule has 0 saturated carbocycles. The molecule has 0 spiro atoms. The zero-order valence-corrected chi connectivity index (χ0v) is 17.5. The molecule has 8 heteroatoms. The van der Waals surface area contributed by atoms with Crippen LogP contribution in [0.25, 0.3) is 6.08 Å². The molecule has 0 fully saturated rings. The predicted octanol–water partition coefficient (Wildman–Crippen LogP) is 2.88. The van der Waals surface area contributed by atoms with E-state index in [4.69, 9.17) is 9.47 Å². The van der Waals surface area contributed by atoms with Crippen LogP contribution in [0.3, 0.4) is 0 Å². The molecule has 0 bridgehead atoms. The van der Waals surface area contributed by atoms with Gasteiger partial charge in [-0.3, -0.25) is 9.59 Å². The first-order valence-electron chi connectivity index (χ1n) is 9.47. The summed E-state index contributed by atoms with van der Waals surface area (Å²) >= 11 is 0. The van der Waals surface area contributed by atoms with Crippen molar-refractivity contribution < 1.29 is 23.9 Å². The van der Waals surface area contributed by atoms with Gasteiger partial charge in [0.2, 0.25) is 0 Å². The number of esters is 1. The van der Waals surface area contributed by atoms with E-state index in [2.05, 4.69) is 5.32 Å². The lowest BCUT2D eigenvalue weighted by Gasteiger charge is -2.11. The minimum absolute atomic E-state index is 0.157. The van der Waals surface area contributed by atoms with Crippen molar-refractivity contribution in [1.29, 1.82) is 5.26 Å². The summed E-state index contributed by atoms with van der Waals surface area (Å²) in [5.74, 6) is -0.955. The Morgan fingerprint density at radius 2 is 1.71 bits per heavy atom. The third kappa shape index (κ3) is 7.01. The monoisotopic (exact) mass is 421 g/mol. The topological polar surface area (TPSA) is 109 Å². The number of rotatable bonds is 8. The van der Waals surface area contributed by atoms with Crippen LogP contribution in [0.15, 0.2) is 54.1 Å². The molecule has 1 N–H and O–H groups in total. The van der Waals surface area contributed by atoms with Crippen LogP contribution >= 0.6 is 0 Å². The molecular weight excluding hydrogens is 398 g/mol. The average Bonchev–Trinajstić information content (AvgIpc) is 2.77. The number of nitriles is 1. The van der Waals surface area contributed by atoms with Gasteiger partial charge < -0.3 is 19.7 Å². The van der Waals surface area contributed by atoms with Crippen molar-refractivity contribution in [2.75, 3.05) is 32.6 Å². The van der Waals surface area contributed by atoms with E-state index in [0.29, 0.717) is 29.2 Å². The highest BCUT2D eigenvalue weighted by Gasteiger charge is 2.14. The number of carbonyl (C=O) groups excluding carboxylic acids is 3. The first kappa shape index (κ1) is 23.2. The third-order valence-corrected chi connectivity index (χ3v) is 4.00. The molecule has 0 unspecified atom stereocenters. The summed E-state index contributed by atoms with van der Waals surface area (Å²) in [4.78, 5) is 37.5. The minimum Gasteiger partial charge on any atom is -0.494 e. The van der Waals surface area contributed by atoms with E-state index >= 15 is 0 Å². The second kappa shape index (κ2) is 11.2. The second-order valence-corrected chi connectivity index (χ2v) is 6.57. The zero-order chi connectivity index (χ0) is 22.8. The Bertz CT molecular complexity index is 1000. The summed E-state index contributed by atoms with van der Waals surface area (Å²) < 4.78 is 10.3. The Morgan fingerprint density at radius 1 is 1.06 bits per heavy atom. The normalized spacial score (nSPS) is 10.6. The molecule has 2 aromatic carbocycles. The molecule has 2 aromatic rings. The van der Waals surface area contributed by atoms with E-state index in [0.717, 1.165) is 0 Å².